The summed E-state index contributed by atoms with van der Waals surface area (Å²) in [6, 6.07) is -0.691. The molecule has 0 unspecified atom stereocenters. The second-order valence-corrected chi connectivity index (χ2v) is 3.49. The van der Waals surface area contributed by atoms with Crippen molar-refractivity contribution in [2.24, 2.45) is 17.2 Å². The van der Waals surface area contributed by atoms with Gasteiger partial charge >= 0.3 is 5.97 Å². The highest BCUT2D eigenvalue weighted by molar-refractivity contribution is 5.91. The first-order valence-electron chi connectivity index (χ1n) is 5.11. The maximum atomic E-state index is 11.3. The van der Waals surface area contributed by atoms with Crippen LogP contribution in [-0.2, 0) is 14.3 Å². The average Bonchev–Trinajstić information content (AvgIpc) is 2.25. The van der Waals surface area contributed by atoms with E-state index >= 15 is 0 Å². The van der Waals surface area contributed by atoms with Crippen LogP contribution in [0, 0.1) is 0 Å². The minimum absolute atomic E-state index is 0.169. The topological polar surface area (TPSA) is 121 Å². The van der Waals surface area contributed by atoms with E-state index in [2.05, 4.69) is 0 Å². The summed E-state index contributed by atoms with van der Waals surface area (Å²) in [5, 5.41) is 0. The summed E-state index contributed by atoms with van der Waals surface area (Å²) in [5.74, 6) is -1.21. The Labute approximate surface area is 94.8 Å². The van der Waals surface area contributed by atoms with Crippen molar-refractivity contribution in [3.05, 3.63) is 11.8 Å². The van der Waals surface area contributed by atoms with Gasteiger partial charge in [0.05, 0.1) is 0 Å². The van der Waals surface area contributed by atoms with E-state index in [9.17, 15) is 9.59 Å². The van der Waals surface area contributed by atoms with Crippen molar-refractivity contribution in [2.75, 3.05) is 6.54 Å². The summed E-state index contributed by atoms with van der Waals surface area (Å²) in [6.45, 7) is 2.03. The molecule has 0 fully saturated rings. The Morgan fingerprint density at radius 2 is 2.00 bits per heavy atom. The van der Waals surface area contributed by atoms with E-state index in [1.807, 2.05) is 0 Å². The monoisotopic (exact) mass is 229 g/mol. The largest absolute Gasteiger partial charge is 0.433 e. The number of nitrogens with two attached hydrogens (primary N) is 3. The van der Waals surface area contributed by atoms with Crippen molar-refractivity contribution < 1.29 is 14.3 Å². The molecule has 0 aliphatic heterocycles. The quantitative estimate of drug-likeness (QED) is 0.232. The van der Waals surface area contributed by atoms with E-state index in [1.165, 1.54) is 6.92 Å². The molecule has 0 aliphatic rings. The predicted octanol–water partition coefficient (Wildman–Crippen LogP) is -0.625. The summed E-state index contributed by atoms with van der Waals surface area (Å²) in [7, 11) is 0. The maximum absolute atomic E-state index is 11.3. The molecule has 0 aromatic rings. The van der Waals surface area contributed by atoms with Crippen molar-refractivity contribution in [1.82, 2.24) is 0 Å². The van der Waals surface area contributed by atoms with Crippen LogP contribution < -0.4 is 17.2 Å². The molecule has 0 rings (SSSR count). The molecule has 0 saturated heterocycles. The van der Waals surface area contributed by atoms with Gasteiger partial charge in [0, 0.05) is 5.57 Å². The second kappa shape index (κ2) is 7.84. The third kappa shape index (κ3) is 6.15. The van der Waals surface area contributed by atoms with E-state index in [1.54, 1.807) is 0 Å². The van der Waals surface area contributed by atoms with Crippen molar-refractivity contribution in [2.45, 2.75) is 32.2 Å². The van der Waals surface area contributed by atoms with E-state index in [0.29, 0.717) is 13.0 Å². The lowest BCUT2D eigenvalue weighted by molar-refractivity contribution is -0.139. The van der Waals surface area contributed by atoms with E-state index < -0.39 is 17.9 Å². The number of esters is 1. The number of hydrogen-bond acceptors (Lipinski definition) is 5. The van der Waals surface area contributed by atoms with Gasteiger partial charge in [-0.2, -0.15) is 0 Å². The third-order valence-corrected chi connectivity index (χ3v) is 2.01. The highest BCUT2D eigenvalue weighted by Gasteiger charge is 2.13. The van der Waals surface area contributed by atoms with Crippen LogP contribution in [0.15, 0.2) is 11.8 Å². The highest BCUT2D eigenvalue weighted by atomic mass is 16.5. The standard InChI is InChI=1S/C10H19N3O3/c1-7(9(13)14)6-16-10(15)8(12)4-2-3-5-11/h6,8H,2-5,11-12H2,1H3,(H2,13,14)/b7-6+/t8-/m0/s1. The first-order valence-corrected chi connectivity index (χ1v) is 5.11. The number of primary amides is 1. The summed E-state index contributed by atoms with van der Waals surface area (Å²) in [4.78, 5) is 21.9. The van der Waals surface area contributed by atoms with Gasteiger partial charge in [0.2, 0.25) is 5.91 Å². The minimum Gasteiger partial charge on any atom is -0.433 e. The molecule has 0 heterocycles. The normalized spacial score (nSPS) is 13.3. The van der Waals surface area contributed by atoms with Crippen molar-refractivity contribution in [3.8, 4) is 0 Å². The molecule has 6 heteroatoms. The lowest BCUT2D eigenvalue weighted by Gasteiger charge is -2.08. The van der Waals surface area contributed by atoms with Gasteiger partial charge in [-0.3, -0.25) is 4.79 Å². The van der Waals surface area contributed by atoms with E-state index in [-0.39, 0.29) is 5.57 Å². The Balaban J connectivity index is 3.96. The lowest BCUT2D eigenvalue weighted by atomic mass is 10.1. The van der Waals surface area contributed by atoms with E-state index in [4.69, 9.17) is 21.9 Å². The SMILES string of the molecule is C/C(=C\OC(=O)[C@@H](N)CCCCN)C(N)=O. The molecule has 0 radical (unpaired) electrons. The smallest absolute Gasteiger partial charge is 0.327 e. The molecular formula is C10H19N3O3. The fraction of sp³-hybridized carbons (Fsp3) is 0.600. The molecule has 0 saturated carbocycles. The zero-order valence-corrected chi connectivity index (χ0v) is 9.44. The summed E-state index contributed by atoms with van der Waals surface area (Å²) in [6.07, 6.45) is 3.12. The van der Waals surface area contributed by atoms with Crippen LogP contribution in [-0.4, -0.2) is 24.5 Å². The minimum atomic E-state index is -0.691. The molecule has 0 aliphatic carbocycles. The van der Waals surface area contributed by atoms with Crippen LogP contribution in [0.5, 0.6) is 0 Å². The first kappa shape index (κ1) is 14.6. The van der Waals surface area contributed by atoms with Crippen LogP contribution in [0.25, 0.3) is 0 Å². The molecule has 1 atom stereocenters. The van der Waals surface area contributed by atoms with Gasteiger partial charge in [-0.15, -0.1) is 0 Å². The van der Waals surface area contributed by atoms with Gasteiger partial charge in [-0.25, -0.2) is 4.79 Å². The Morgan fingerprint density at radius 3 is 2.50 bits per heavy atom. The number of carbonyl (C=O) groups excluding carboxylic acids is 2. The van der Waals surface area contributed by atoms with Crippen LogP contribution in [0.2, 0.25) is 0 Å². The first-order chi connectivity index (χ1) is 7.49. The van der Waals surface area contributed by atoms with Crippen molar-refractivity contribution >= 4 is 11.9 Å². The Hall–Kier alpha value is -1.40. The number of hydrogen-bond donors (Lipinski definition) is 3. The van der Waals surface area contributed by atoms with E-state index in [0.717, 1.165) is 19.1 Å². The average molecular weight is 229 g/mol. The molecule has 6 nitrogen and oxygen atoms in total. The predicted molar refractivity (Wildman–Crippen MR) is 59.9 cm³/mol. The zero-order chi connectivity index (χ0) is 12.6. The van der Waals surface area contributed by atoms with Crippen LogP contribution >= 0.6 is 0 Å². The molecule has 0 spiro atoms. The van der Waals surface area contributed by atoms with Gasteiger partial charge in [0.1, 0.15) is 12.3 Å². The Bertz CT molecular complexity index is 276. The fourth-order valence-electron chi connectivity index (χ4n) is 0.918. The zero-order valence-electron chi connectivity index (χ0n) is 9.44. The number of rotatable bonds is 7. The summed E-state index contributed by atoms with van der Waals surface area (Å²) in [5.41, 5.74) is 16.0. The molecule has 92 valence electrons. The van der Waals surface area contributed by atoms with Crippen molar-refractivity contribution in [1.29, 1.82) is 0 Å². The third-order valence-electron chi connectivity index (χ3n) is 2.01. The van der Waals surface area contributed by atoms with Crippen molar-refractivity contribution in [3.63, 3.8) is 0 Å². The number of amides is 1. The van der Waals surface area contributed by atoms with Gasteiger partial charge in [0.15, 0.2) is 0 Å². The Morgan fingerprint density at radius 1 is 1.38 bits per heavy atom. The molecule has 0 aromatic heterocycles. The summed E-state index contributed by atoms with van der Waals surface area (Å²) < 4.78 is 4.70. The highest BCUT2D eigenvalue weighted by Crippen LogP contribution is 2.01. The van der Waals surface area contributed by atoms with Crippen LogP contribution in [0.1, 0.15) is 26.2 Å². The number of ether oxygens (including phenoxy) is 1. The maximum Gasteiger partial charge on any atom is 0.327 e. The molecular weight excluding hydrogens is 210 g/mol. The molecule has 1 amide bonds. The van der Waals surface area contributed by atoms with Gasteiger partial charge in [-0.05, 0) is 26.3 Å². The van der Waals surface area contributed by atoms with Gasteiger partial charge in [0.25, 0.3) is 0 Å². The van der Waals surface area contributed by atoms with Crippen LogP contribution in [0.3, 0.4) is 0 Å². The Kier molecular flexibility index (Phi) is 7.15. The summed E-state index contributed by atoms with van der Waals surface area (Å²) >= 11 is 0. The lowest BCUT2D eigenvalue weighted by Crippen LogP contribution is -2.31. The van der Waals surface area contributed by atoms with Gasteiger partial charge in [-0.1, -0.05) is 6.42 Å². The molecule has 16 heavy (non-hydrogen) atoms. The molecule has 0 bridgehead atoms. The van der Waals surface area contributed by atoms with Crippen LogP contribution in [0.4, 0.5) is 0 Å². The number of carbonyl (C=O) groups is 2. The second-order valence-electron chi connectivity index (χ2n) is 3.49. The molecule has 0 aromatic carbocycles. The fourth-order valence-corrected chi connectivity index (χ4v) is 0.918. The van der Waals surface area contributed by atoms with Gasteiger partial charge < -0.3 is 21.9 Å². The molecule has 6 N–H and O–H groups in total. The number of unbranched alkanes of at least 4 members (excludes halogenated alkanes) is 1.